The van der Waals surface area contributed by atoms with Crippen LogP contribution in [0.1, 0.15) is 38.1 Å². The van der Waals surface area contributed by atoms with Crippen molar-refractivity contribution in [3.05, 3.63) is 16.7 Å². The van der Waals surface area contributed by atoms with E-state index in [2.05, 4.69) is 0 Å². The van der Waals surface area contributed by atoms with E-state index in [0.29, 0.717) is 6.04 Å². The number of imidazole rings is 1. The van der Waals surface area contributed by atoms with E-state index in [4.69, 9.17) is 0 Å². The molecule has 0 aliphatic heterocycles. The molecule has 0 spiro atoms. The van der Waals surface area contributed by atoms with Crippen LogP contribution in [0.3, 0.4) is 0 Å². The summed E-state index contributed by atoms with van der Waals surface area (Å²) in [5, 5.41) is 9.39. The Morgan fingerprint density at radius 3 is 2.50 bits per heavy atom. The summed E-state index contributed by atoms with van der Waals surface area (Å²) in [6.45, 7) is 0. The Balaban J connectivity index is 2.31. The van der Waals surface area contributed by atoms with Crippen LogP contribution in [0.15, 0.2) is 11.0 Å². The molecule has 4 heteroatoms. The van der Waals surface area contributed by atoms with Crippen LogP contribution in [-0.2, 0) is 7.05 Å². The number of hydrogen-bond donors (Lipinski definition) is 1. The molecule has 0 aromatic carbocycles. The molecule has 2 rings (SSSR count). The van der Waals surface area contributed by atoms with Gasteiger partial charge in [0.15, 0.2) is 0 Å². The van der Waals surface area contributed by atoms with Crippen LogP contribution in [0, 0.1) is 0 Å². The Morgan fingerprint density at radius 2 is 2.00 bits per heavy atom. The molecule has 0 amide bonds. The SMILES string of the molecule is Cn1c(O)cn(C2CCCCC2)c1=O. The molecular formula is C10H16N2O2. The van der Waals surface area contributed by atoms with Crippen molar-refractivity contribution in [3.8, 4) is 5.88 Å². The monoisotopic (exact) mass is 196 g/mol. The summed E-state index contributed by atoms with van der Waals surface area (Å²) in [4.78, 5) is 11.7. The fraction of sp³-hybridized carbons (Fsp3) is 0.700. The third-order valence-electron chi connectivity index (χ3n) is 3.07. The average molecular weight is 196 g/mol. The van der Waals surface area contributed by atoms with E-state index in [1.54, 1.807) is 17.8 Å². The van der Waals surface area contributed by atoms with Gasteiger partial charge in [-0.1, -0.05) is 19.3 Å². The van der Waals surface area contributed by atoms with Crippen LogP contribution in [-0.4, -0.2) is 14.2 Å². The molecule has 14 heavy (non-hydrogen) atoms. The van der Waals surface area contributed by atoms with Crippen molar-refractivity contribution in [2.75, 3.05) is 0 Å². The lowest BCUT2D eigenvalue weighted by Gasteiger charge is -2.21. The first-order valence-corrected chi connectivity index (χ1v) is 5.17. The van der Waals surface area contributed by atoms with Gasteiger partial charge in [-0.2, -0.15) is 0 Å². The van der Waals surface area contributed by atoms with Gasteiger partial charge in [0.1, 0.15) is 0 Å². The molecule has 1 aliphatic carbocycles. The molecule has 1 saturated carbocycles. The number of aromatic nitrogens is 2. The van der Waals surface area contributed by atoms with Crippen LogP contribution in [0.4, 0.5) is 0 Å². The first-order chi connectivity index (χ1) is 6.70. The van der Waals surface area contributed by atoms with E-state index >= 15 is 0 Å². The topological polar surface area (TPSA) is 47.2 Å². The highest BCUT2D eigenvalue weighted by Crippen LogP contribution is 2.27. The van der Waals surface area contributed by atoms with Crippen LogP contribution in [0.25, 0.3) is 0 Å². The first kappa shape index (κ1) is 9.37. The molecule has 0 saturated heterocycles. The second-order valence-electron chi connectivity index (χ2n) is 4.03. The quantitative estimate of drug-likeness (QED) is 0.738. The number of hydrogen-bond acceptors (Lipinski definition) is 2. The van der Waals surface area contributed by atoms with E-state index in [1.165, 1.54) is 23.8 Å². The highest BCUT2D eigenvalue weighted by atomic mass is 16.3. The Morgan fingerprint density at radius 1 is 1.36 bits per heavy atom. The van der Waals surface area contributed by atoms with E-state index in [1.807, 2.05) is 0 Å². The maximum absolute atomic E-state index is 11.7. The Hall–Kier alpha value is -1.19. The molecular weight excluding hydrogens is 180 g/mol. The van der Waals surface area contributed by atoms with Crippen molar-refractivity contribution in [1.82, 2.24) is 9.13 Å². The molecule has 1 aromatic rings. The molecule has 1 heterocycles. The summed E-state index contributed by atoms with van der Waals surface area (Å²) in [6.07, 6.45) is 7.31. The lowest BCUT2D eigenvalue weighted by atomic mass is 9.95. The van der Waals surface area contributed by atoms with Gasteiger partial charge in [0.25, 0.3) is 0 Å². The minimum atomic E-state index is -0.102. The number of nitrogens with zero attached hydrogens (tertiary/aromatic N) is 2. The van der Waals surface area contributed by atoms with Gasteiger partial charge in [-0.05, 0) is 12.8 Å². The third-order valence-corrected chi connectivity index (χ3v) is 3.07. The van der Waals surface area contributed by atoms with Crippen LogP contribution in [0.2, 0.25) is 0 Å². The maximum atomic E-state index is 11.7. The first-order valence-electron chi connectivity index (χ1n) is 5.17. The molecule has 1 N–H and O–H groups in total. The predicted molar refractivity (Wildman–Crippen MR) is 53.5 cm³/mol. The third kappa shape index (κ3) is 1.45. The molecule has 78 valence electrons. The fourth-order valence-electron chi connectivity index (χ4n) is 2.16. The molecule has 1 aliphatic rings. The highest BCUT2D eigenvalue weighted by Gasteiger charge is 2.18. The summed E-state index contributed by atoms with van der Waals surface area (Å²) in [5.74, 6) is 0.0561. The lowest BCUT2D eigenvalue weighted by Crippen LogP contribution is -2.26. The number of aromatic hydroxyl groups is 1. The van der Waals surface area contributed by atoms with Gasteiger partial charge in [-0.3, -0.25) is 9.13 Å². The highest BCUT2D eigenvalue weighted by molar-refractivity contribution is 5.05. The van der Waals surface area contributed by atoms with Crippen LogP contribution < -0.4 is 5.69 Å². The molecule has 1 aromatic heterocycles. The summed E-state index contributed by atoms with van der Waals surface area (Å²) >= 11 is 0. The largest absolute Gasteiger partial charge is 0.493 e. The van der Waals surface area contributed by atoms with E-state index < -0.39 is 0 Å². The van der Waals surface area contributed by atoms with Crippen molar-refractivity contribution in [1.29, 1.82) is 0 Å². The molecule has 1 fully saturated rings. The molecule has 0 bridgehead atoms. The van der Waals surface area contributed by atoms with Crippen molar-refractivity contribution < 1.29 is 5.11 Å². The van der Waals surface area contributed by atoms with E-state index in [-0.39, 0.29) is 11.6 Å². The summed E-state index contributed by atoms with van der Waals surface area (Å²) in [5.41, 5.74) is -0.102. The van der Waals surface area contributed by atoms with Crippen molar-refractivity contribution >= 4 is 0 Å². The Kier molecular flexibility index (Phi) is 2.35. The van der Waals surface area contributed by atoms with Crippen molar-refractivity contribution in [2.45, 2.75) is 38.1 Å². The summed E-state index contributed by atoms with van der Waals surface area (Å²) < 4.78 is 2.96. The second kappa shape index (κ2) is 3.52. The molecule has 0 unspecified atom stereocenters. The standard InChI is InChI=1S/C10H16N2O2/c1-11-9(13)7-12(10(11)14)8-5-3-2-4-6-8/h7-8,13H,2-6H2,1H3. The van der Waals surface area contributed by atoms with Gasteiger partial charge in [-0.25, -0.2) is 4.79 Å². The minimum Gasteiger partial charge on any atom is -0.493 e. The van der Waals surface area contributed by atoms with Gasteiger partial charge in [-0.15, -0.1) is 0 Å². The number of rotatable bonds is 1. The van der Waals surface area contributed by atoms with Crippen LogP contribution >= 0.6 is 0 Å². The predicted octanol–water partition coefficient (Wildman–Crippen LogP) is 1.40. The molecule has 4 nitrogen and oxygen atoms in total. The Labute approximate surface area is 82.8 Å². The Bertz CT molecular complexity index is 372. The van der Waals surface area contributed by atoms with Crippen molar-refractivity contribution in [2.24, 2.45) is 7.05 Å². The van der Waals surface area contributed by atoms with Gasteiger partial charge in [0.05, 0.1) is 6.20 Å². The molecule has 0 atom stereocenters. The second-order valence-corrected chi connectivity index (χ2v) is 4.03. The van der Waals surface area contributed by atoms with Gasteiger partial charge in [0.2, 0.25) is 5.88 Å². The normalized spacial score (nSPS) is 18.6. The zero-order chi connectivity index (χ0) is 10.1. The average Bonchev–Trinajstić information content (AvgIpc) is 2.47. The van der Waals surface area contributed by atoms with E-state index in [9.17, 15) is 9.90 Å². The van der Waals surface area contributed by atoms with Crippen molar-refractivity contribution in [3.63, 3.8) is 0 Å². The van der Waals surface area contributed by atoms with E-state index in [0.717, 1.165) is 12.8 Å². The summed E-state index contributed by atoms with van der Waals surface area (Å²) in [7, 11) is 1.59. The zero-order valence-electron chi connectivity index (χ0n) is 8.44. The van der Waals surface area contributed by atoms with Gasteiger partial charge >= 0.3 is 5.69 Å². The lowest BCUT2D eigenvalue weighted by molar-refractivity contribution is 0.344. The summed E-state index contributed by atoms with van der Waals surface area (Å²) in [6, 6.07) is 0.295. The zero-order valence-corrected chi connectivity index (χ0v) is 8.44. The maximum Gasteiger partial charge on any atom is 0.331 e. The fourth-order valence-corrected chi connectivity index (χ4v) is 2.16. The minimum absolute atomic E-state index is 0.0561. The van der Waals surface area contributed by atoms with Gasteiger partial charge in [0, 0.05) is 13.1 Å². The van der Waals surface area contributed by atoms with Crippen LogP contribution in [0.5, 0.6) is 5.88 Å². The van der Waals surface area contributed by atoms with Gasteiger partial charge < -0.3 is 5.11 Å². The molecule has 0 radical (unpaired) electrons. The smallest absolute Gasteiger partial charge is 0.331 e.